The molecule has 0 bridgehead atoms. The predicted molar refractivity (Wildman–Crippen MR) is 252 cm³/mol. The number of aromatic nitrogens is 1. The molecular formula is C56H39NSi. The quantitative estimate of drug-likeness (QED) is 0.125. The lowest BCUT2D eigenvalue weighted by molar-refractivity contribution is 1.18. The van der Waals surface area contributed by atoms with Gasteiger partial charge >= 0.3 is 0 Å². The van der Waals surface area contributed by atoms with Crippen LogP contribution >= 0.6 is 0 Å². The molecule has 272 valence electrons. The lowest BCUT2D eigenvalue weighted by Gasteiger charge is -2.18. The molecular weight excluding hydrogens is 715 g/mol. The molecule has 2 heterocycles. The highest BCUT2D eigenvalue weighted by molar-refractivity contribution is 7.03. The summed E-state index contributed by atoms with van der Waals surface area (Å²) >= 11 is 0. The summed E-state index contributed by atoms with van der Waals surface area (Å²) in [6, 6.07) is 74.8. The third-order valence-electron chi connectivity index (χ3n) is 13.0. The van der Waals surface area contributed by atoms with E-state index in [1.54, 1.807) is 5.19 Å². The molecule has 1 aromatic heterocycles. The summed E-state index contributed by atoms with van der Waals surface area (Å²) < 4.78 is 2.46. The maximum Gasteiger partial charge on any atom is 0.113 e. The summed E-state index contributed by atoms with van der Waals surface area (Å²) in [6.45, 7) is 4.97. The zero-order chi connectivity index (χ0) is 38.5. The molecule has 0 unspecified atom stereocenters. The molecule has 11 aromatic rings. The normalized spacial score (nSPS) is 13.1. The van der Waals surface area contributed by atoms with Crippen LogP contribution in [0.2, 0.25) is 13.1 Å². The van der Waals surface area contributed by atoms with Crippen molar-refractivity contribution in [2.45, 2.75) is 13.1 Å². The molecule has 1 aliphatic heterocycles. The van der Waals surface area contributed by atoms with Gasteiger partial charge in [-0.05, 0) is 130 Å². The van der Waals surface area contributed by atoms with Gasteiger partial charge in [-0.3, -0.25) is 0 Å². The number of para-hydroxylation sites is 1. The first-order chi connectivity index (χ1) is 28.5. The van der Waals surface area contributed by atoms with E-state index in [0.717, 1.165) is 0 Å². The van der Waals surface area contributed by atoms with Crippen molar-refractivity contribution in [1.82, 2.24) is 4.57 Å². The minimum absolute atomic E-state index is 1.17. The van der Waals surface area contributed by atoms with Crippen LogP contribution in [0.5, 0.6) is 0 Å². The Morgan fingerprint density at radius 2 is 0.776 bits per heavy atom. The molecule has 1 aliphatic rings. The standard InChI is InChI=1S/C56H39NSi/c1-58(2)55-24-10-8-22-50(55)52-34-40(27-30-56(52)58)38-15-12-16-42(32-38)57-53-23-9-7-21-48(53)49-29-26-41(35-54(49)57)37-14-11-13-36(31-37)39-25-28-47-45-19-4-3-17-43(45)44-18-5-6-20-46(44)51(47)33-39/h3-35H,1-2H3. The molecule has 1 nitrogen and oxygen atoms in total. The lowest BCUT2D eigenvalue weighted by Crippen LogP contribution is -2.49. The highest BCUT2D eigenvalue weighted by Gasteiger charge is 2.37. The van der Waals surface area contributed by atoms with Gasteiger partial charge in [-0.25, -0.2) is 0 Å². The molecule has 0 aliphatic carbocycles. The molecule has 0 N–H and O–H groups in total. The fraction of sp³-hybridized carbons (Fsp3) is 0.0357. The van der Waals surface area contributed by atoms with E-state index < -0.39 is 8.07 Å². The van der Waals surface area contributed by atoms with Crippen molar-refractivity contribution >= 4 is 72.6 Å². The third-order valence-corrected chi connectivity index (χ3v) is 16.5. The van der Waals surface area contributed by atoms with Gasteiger partial charge in [-0.1, -0.05) is 171 Å². The molecule has 0 saturated carbocycles. The smallest absolute Gasteiger partial charge is 0.113 e. The first kappa shape index (κ1) is 33.2. The van der Waals surface area contributed by atoms with Crippen molar-refractivity contribution in [2.75, 3.05) is 0 Å². The van der Waals surface area contributed by atoms with Gasteiger partial charge in [0.15, 0.2) is 0 Å². The van der Waals surface area contributed by atoms with Crippen molar-refractivity contribution in [2.24, 2.45) is 0 Å². The number of hydrogen-bond acceptors (Lipinski definition) is 0. The summed E-state index contributed by atoms with van der Waals surface area (Å²) in [7, 11) is -1.71. The van der Waals surface area contributed by atoms with Crippen LogP contribution in [-0.2, 0) is 0 Å². The Bertz CT molecular complexity index is 3460. The Morgan fingerprint density at radius 1 is 0.293 bits per heavy atom. The average Bonchev–Trinajstić information content (AvgIpc) is 3.74. The predicted octanol–water partition coefficient (Wildman–Crippen LogP) is 14.0. The average molecular weight is 754 g/mol. The fourth-order valence-electron chi connectivity index (χ4n) is 10.1. The van der Waals surface area contributed by atoms with Crippen LogP contribution in [-0.4, -0.2) is 12.6 Å². The highest BCUT2D eigenvalue weighted by atomic mass is 28.3. The highest BCUT2D eigenvalue weighted by Crippen LogP contribution is 2.40. The Morgan fingerprint density at radius 3 is 1.52 bits per heavy atom. The summed E-state index contributed by atoms with van der Waals surface area (Å²) in [4.78, 5) is 0. The van der Waals surface area contributed by atoms with Gasteiger partial charge in [0.05, 0.1) is 11.0 Å². The SMILES string of the molecule is C[Si]1(C)c2ccccc2-c2cc(-c3cccc(-n4c5ccccc5c5ccc(-c6cccc(-c7ccc8c9ccccc9c9ccccc9c8c7)c6)cc54)c3)ccc21. The second-order valence-corrected chi connectivity index (χ2v) is 20.8. The number of hydrogen-bond donors (Lipinski definition) is 0. The van der Waals surface area contributed by atoms with Gasteiger partial charge in [0.1, 0.15) is 8.07 Å². The molecule has 58 heavy (non-hydrogen) atoms. The van der Waals surface area contributed by atoms with E-state index in [0.29, 0.717) is 0 Å². The lowest BCUT2D eigenvalue weighted by atomic mass is 9.91. The molecule has 0 amide bonds. The van der Waals surface area contributed by atoms with Crippen LogP contribution in [0.15, 0.2) is 200 Å². The van der Waals surface area contributed by atoms with E-state index in [4.69, 9.17) is 0 Å². The molecule has 0 fully saturated rings. The van der Waals surface area contributed by atoms with Gasteiger partial charge in [-0.15, -0.1) is 0 Å². The summed E-state index contributed by atoms with van der Waals surface area (Å²) in [5.74, 6) is 0. The zero-order valence-electron chi connectivity index (χ0n) is 32.5. The zero-order valence-corrected chi connectivity index (χ0v) is 33.5. The number of nitrogens with zero attached hydrogens (tertiary/aromatic N) is 1. The van der Waals surface area contributed by atoms with Crippen LogP contribution in [0.4, 0.5) is 0 Å². The van der Waals surface area contributed by atoms with E-state index in [-0.39, 0.29) is 0 Å². The first-order valence-corrected chi connectivity index (χ1v) is 23.3. The van der Waals surface area contributed by atoms with Crippen LogP contribution < -0.4 is 10.4 Å². The fourth-order valence-corrected chi connectivity index (χ4v) is 13.2. The van der Waals surface area contributed by atoms with Crippen LogP contribution in [0.25, 0.3) is 104 Å². The second kappa shape index (κ2) is 12.5. The van der Waals surface area contributed by atoms with Gasteiger partial charge in [0, 0.05) is 16.5 Å². The van der Waals surface area contributed by atoms with Crippen molar-refractivity contribution in [3.63, 3.8) is 0 Å². The maximum absolute atomic E-state index is 2.48. The monoisotopic (exact) mass is 753 g/mol. The summed E-state index contributed by atoms with van der Waals surface area (Å²) in [6.07, 6.45) is 0. The molecule has 0 atom stereocenters. The van der Waals surface area contributed by atoms with Gasteiger partial charge in [0.2, 0.25) is 0 Å². The minimum atomic E-state index is -1.71. The van der Waals surface area contributed by atoms with Crippen molar-refractivity contribution < 1.29 is 0 Å². The number of benzene rings is 10. The van der Waals surface area contributed by atoms with Crippen LogP contribution in [0.3, 0.4) is 0 Å². The van der Waals surface area contributed by atoms with E-state index in [1.165, 1.54) is 110 Å². The van der Waals surface area contributed by atoms with Crippen molar-refractivity contribution in [1.29, 1.82) is 0 Å². The first-order valence-electron chi connectivity index (χ1n) is 20.3. The number of fused-ring (bicyclic) bond motifs is 12. The van der Waals surface area contributed by atoms with E-state index >= 15 is 0 Å². The second-order valence-electron chi connectivity index (χ2n) is 16.5. The Balaban J connectivity index is 0.975. The molecule has 0 saturated heterocycles. The van der Waals surface area contributed by atoms with Gasteiger partial charge in [-0.2, -0.15) is 0 Å². The largest absolute Gasteiger partial charge is 0.309 e. The molecule has 10 aromatic carbocycles. The van der Waals surface area contributed by atoms with Crippen LogP contribution in [0.1, 0.15) is 0 Å². The molecule has 0 radical (unpaired) electrons. The van der Waals surface area contributed by atoms with Gasteiger partial charge in [0.25, 0.3) is 0 Å². The Kier molecular flexibility index (Phi) is 7.15. The van der Waals surface area contributed by atoms with Crippen LogP contribution in [0, 0.1) is 0 Å². The number of rotatable bonds is 4. The summed E-state index contributed by atoms with van der Waals surface area (Å²) in [5, 5.41) is 13.4. The van der Waals surface area contributed by atoms with E-state index in [1.807, 2.05) is 0 Å². The van der Waals surface area contributed by atoms with E-state index in [2.05, 4.69) is 218 Å². The minimum Gasteiger partial charge on any atom is -0.309 e. The Hall–Kier alpha value is -7.00. The third kappa shape index (κ3) is 4.89. The topological polar surface area (TPSA) is 4.93 Å². The Labute approximate surface area is 339 Å². The van der Waals surface area contributed by atoms with Crippen molar-refractivity contribution in [3.8, 4) is 50.2 Å². The van der Waals surface area contributed by atoms with Crippen molar-refractivity contribution in [3.05, 3.63) is 200 Å². The van der Waals surface area contributed by atoms with E-state index in [9.17, 15) is 0 Å². The maximum atomic E-state index is 2.48. The van der Waals surface area contributed by atoms with Gasteiger partial charge < -0.3 is 4.57 Å². The molecule has 0 spiro atoms. The summed E-state index contributed by atoms with van der Waals surface area (Å²) in [5.41, 5.74) is 13.8. The molecule has 12 rings (SSSR count). The molecule has 2 heteroatoms.